The molecule has 1 aliphatic heterocycles. The monoisotopic (exact) mass is 196 g/mol. The molecule has 0 radical (unpaired) electrons. The largest absolute Gasteiger partial charge is 0.328 e. The molecule has 0 amide bonds. The van der Waals surface area contributed by atoms with E-state index in [2.05, 4.69) is 25.7 Å². The van der Waals surface area contributed by atoms with E-state index in [9.17, 15) is 0 Å². The molecule has 82 valence electrons. The van der Waals surface area contributed by atoms with Crippen LogP contribution in [0.15, 0.2) is 0 Å². The van der Waals surface area contributed by atoms with Gasteiger partial charge in [-0.2, -0.15) is 0 Å². The molecule has 0 aromatic rings. The van der Waals surface area contributed by atoms with E-state index in [4.69, 9.17) is 5.73 Å². The molecule has 2 nitrogen and oxygen atoms in total. The second-order valence-electron chi connectivity index (χ2n) is 6.02. The van der Waals surface area contributed by atoms with Gasteiger partial charge in [-0.1, -0.05) is 13.8 Å². The Balaban J connectivity index is 1.81. The lowest BCUT2D eigenvalue weighted by Crippen LogP contribution is -2.46. The fraction of sp³-hybridized carbons (Fsp3) is 1.00. The zero-order valence-electron chi connectivity index (χ0n) is 9.79. The van der Waals surface area contributed by atoms with Gasteiger partial charge >= 0.3 is 0 Å². The van der Waals surface area contributed by atoms with Gasteiger partial charge in [-0.25, -0.2) is 0 Å². The van der Waals surface area contributed by atoms with Crippen molar-refractivity contribution in [2.45, 2.75) is 52.1 Å². The van der Waals surface area contributed by atoms with Gasteiger partial charge in [0.15, 0.2) is 0 Å². The van der Waals surface area contributed by atoms with Crippen LogP contribution in [0.1, 0.15) is 40.0 Å². The molecule has 0 bridgehead atoms. The second-order valence-corrected chi connectivity index (χ2v) is 6.02. The number of nitrogens with two attached hydrogens (primary N) is 1. The predicted molar refractivity (Wildman–Crippen MR) is 60.1 cm³/mol. The third-order valence-corrected chi connectivity index (χ3v) is 4.23. The van der Waals surface area contributed by atoms with Crippen LogP contribution in [0.5, 0.6) is 0 Å². The molecular formula is C12H24N2. The van der Waals surface area contributed by atoms with Crippen molar-refractivity contribution in [3.8, 4) is 0 Å². The van der Waals surface area contributed by atoms with E-state index in [-0.39, 0.29) is 0 Å². The van der Waals surface area contributed by atoms with Crippen molar-refractivity contribution in [1.82, 2.24) is 4.90 Å². The fourth-order valence-corrected chi connectivity index (χ4v) is 2.70. The standard InChI is InChI=1S/C12H24N2/c1-9-6-11(13)4-5-14(9)8-10-7-12(10,2)3/h9-11H,4-8,13H2,1-3H3. The van der Waals surface area contributed by atoms with Crippen LogP contribution in [0.3, 0.4) is 0 Å². The molecule has 2 aliphatic rings. The molecule has 1 aliphatic carbocycles. The van der Waals surface area contributed by atoms with Crippen LogP contribution in [-0.2, 0) is 0 Å². The topological polar surface area (TPSA) is 29.3 Å². The first-order chi connectivity index (χ1) is 6.49. The first-order valence-electron chi connectivity index (χ1n) is 5.98. The van der Waals surface area contributed by atoms with Gasteiger partial charge in [-0.15, -0.1) is 0 Å². The number of hydrogen-bond donors (Lipinski definition) is 1. The molecule has 2 fully saturated rings. The third kappa shape index (κ3) is 2.12. The smallest absolute Gasteiger partial charge is 0.00817 e. The number of rotatable bonds is 2. The van der Waals surface area contributed by atoms with Crippen LogP contribution >= 0.6 is 0 Å². The van der Waals surface area contributed by atoms with E-state index in [1.54, 1.807) is 0 Å². The van der Waals surface area contributed by atoms with Crippen LogP contribution in [0.2, 0.25) is 0 Å². The minimum atomic E-state index is 0.452. The van der Waals surface area contributed by atoms with E-state index < -0.39 is 0 Å². The fourth-order valence-electron chi connectivity index (χ4n) is 2.70. The van der Waals surface area contributed by atoms with E-state index in [0.29, 0.717) is 17.5 Å². The Bertz CT molecular complexity index is 212. The molecule has 1 saturated carbocycles. The number of piperidine rings is 1. The summed E-state index contributed by atoms with van der Waals surface area (Å²) < 4.78 is 0. The van der Waals surface area contributed by atoms with Crippen LogP contribution in [-0.4, -0.2) is 30.1 Å². The molecular weight excluding hydrogens is 172 g/mol. The predicted octanol–water partition coefficient (Wildman–Crippen LogP) is 1.84. The van der Waals surface area contributed by atoms with Gasteiger partial charge in [0.25, 0.3) is 0 Å². The SMILES string of the molecule is CC1CC(N)CCN1CC1CC1(C)C. The molecule has 0 aromatic heterocycles. The van der Waals surface area contributed by atoms with Gasteiger partial charge in [0.1, 0.15) is 0 Å². The summed E-state index contributed by atoms with van der Waals surface area (Å²) in [7, 11) is 0. The minimum Gasteiger partial charge on any atom is -0.328 e. The summed E-state index contributed by atoms with van der Waals surface area (Å²) in [5.41, 5.74) is 6.58. The number of hydrogen-bond acceptors (Lipinski definition) is 2. The van der Waals surface area contributed by atoms with Crippen molar-refractivity contribution in [3.05, 3.63) is 0 Å². The summed E-state index contributed by atoms with van der Waals surface area (Å²) in [6.45, 7) is 9.63. The average Bonchev–Trinajstić information content (AvgIpc) is 2.65. The molecule has 2 rings (SSSR count). The molecule has 2 N–H and O–H groups in total. The first-order valence-corrected chi connectivity index (χ1v) is 5.98. The average molecular weight is 196 g/mol. The Morgan fingerprint density at radius 1 is 1.43 bits per heavy atom. The number of nitrogens with zero attached hydrogens (tertiary/aromatic N) is 1. The normalized spacial score (nSPS) is 42.4. The molecule has 0 spiro atoms. The van der Waals surface area contributed by atoms with E-state index in [1.165, 1.54) is 32.4 Å². The van der Waals surface area contributed by atoms with Crippen molar-refractivity contribution < 1.29 is 0 Å². The molecule has 14 heavy (non-hydrogen) atoms. The maximum atomic E-state index is 5.96. The molecule has 1 saturated heterocycles. The highest BCUT2D eigenvalue weighted by molar-refractivity contribution is 4.98. The van der Waals surface area contributed by atoms with Crippen LogP contribution in [0.25, 0.3) is 0 Å². The molecule has 0 aromatic carbocycles. The zero-order chi connectivity index (χ0) is 10.3. The lowest BCUT2D eigenvalue weighted by molar-refractivity contribution is 0.136. The van der Waals surface area contributed by atoms with Crippen LogP contribution in [0.4, 0.5) is 0 Å². The maximum Gasteiger partial charge on any atom is 0.00817 e. The van der Waals surface area contributed by atoms with Gasteiger partial charge in [0.05, 0.1) is 0 Å². The second kappa shape index (κ2) is 3.49. The third-order valence-electron chi connectivity index (χ3n) is 4.23. The highest BCUT2D eigenvalue weighted by Gasteiger charge is 2.46. The Hall–Kier alpha value is -0.0800. The van der Waals surface area contributed by atoms with E-state index in [1.807, 2.05) is 0 Å². The van der Waals surface area contributed by atoms with E-state index >= 15 is 0 Å². The minimum absolute atomic E-state index is 0.452. The highest BCUT2D eigenvalue weighted by atomic mass is 15.2. The van der Waals surface area contributed by atoms with Crippen LogP contribution < -0.4 is 5.73 Å². The van der Waals surface area contributed by atoms with E-state index in [0.717, 1.165) is 5.92 Å². The summed E-state index contributed by atoms with van der Waals surface area (Å²) in [4.78, 5) is 2.64. The lowest BCUT2D eigenvalue weighted by atomic mass is 9.98. The van der Waals surface area contributed by atoms with Gasteiger partial charge < -0.3 is 10.6 Å². The summed E-state index contributed by atoms with van der Waals surface area (Å²) in [5, 5.41) is 0. The van der Waals surface area contributed by atoms with Gasteiger partial charge in [-0.3, -0.25) is 0 Å². The number of likely N-dealkylation sites (tertiary alicyclic amines) is 1. The van der Waals surface area contributed by atoms with Crippen molar-refractivity contribution in [3.63, 3.8) is 0 Å². The summed E-state index contributed by atoms with van der Waals surface area (Å²) >= 11 is 0. The Morgan fingerprint density at radius 2 is 2.07 bits per heavy atom. The summed E-state index contributed by atoms with van der Waals surface area (Å²) in [6.07, 6.45) is 3.80. The Labute approximate surface area is 87.8 Å². The lowest BCUT2D eigenvalue weighted by Gasteiger charge is -2.36. The zero-order valence-corrected chi connectivity index (χ0v) is 9.79. The summed E-state index contributed by atoms with van der Waals surface area (Å²) in [5.74, 6) is 0.944. The molecule has 3 atom stereocenters. The van der Waals surface area contributed by atoms with Crippen molar-refractivity contribution >= 4 is 0 Å². The van der Waals surface area contributed by atoms with Gasteiger partial charge in [0, 0.05) is 18.6 Å². The molecule has 3 unspecified atom stereocenters. The highest BCUT2D eigenvalue weighted by Crippen LogP contribution is 2.52. The Morgan fingerprint density at radius 3 is 2.57 bits per heavy atom. The maximum absolute atomic E-state index is 5.96. The van der Waals surface area contributed by atoms with Gasteiger partial charge in [-0.05, 0) is 44.1 Å². The molecule has 2 heteroatoms. The summed E-state index contributed by atoms with van der Waals surface area (Å²) in [6, 6.07) is 1.16. The van der Waals surface area contributed by atoms with Crippen LogP contribution in [0, 0.1) is 11.3 Å². The molecule has 1 heterocycles. The van der Waals surface area contributed by atoms with Crippen molar-refractivity contribution in [2.75, 3.05) is 13.1 Å². The van der Waals surface area contributed by atoms with Gasteiger partial charge in [0.2, 0.25) is 0 Å². The van der Waals surface area contributed by atoms with Crippen molar-refractivity contribution in [1.29, 1.82) is 0 Å². The quantitative estimate of drug-likeness (QED) is 0.730. The Kier molecular flexibility index (Phi) is 2.61. The van der Waals surface area contributed by atoms with Crippen molar-refractivity contribution in [2.24, 2.45) is 17.1 Å². The first kappa shape index (κ1) is 10.4.